The standard InChI is InChI=1S/C15H22F6N2O/c1-10(11-3-2-5-22-8-11)7-12(24)23-6-4-13(9-23,14(16,17)18)15(19,20)21/h10-11,22H,2-9H2,1H3. The highest BCUT2D eigenvalue weighted by Gasteiger charge is 2.72. The molecule has 1 amide bonds. The predicted molar refractivity (Wildman–Crippen MR) is 75.1 cm³/mol. The van der Waals surface area contributed by atoms with Crippen LogP contribution >= 0.6 is 0 Å². The lowest BCUT2D eigenvalue weighted by Gasteiger charge is -2.34. The molecule has 24 heavy (non-hydrogen) atoms. The third kappa shape index (κ3) is 3.65. The Labute approximate surface area is 136 Å². The molecule has 0 bridgehead atoms. The van der Waals surface area contributed by atoms with Crippen molar-refractivity contribution in [3.8, 4) is 0 Å². The van der Waals surface area contributed by atoms with Crippen molar-refractivity contribution >= 4 is 5.91 Å². The van der Waals surface area contributed by atoms with Crippen LogP contribution in [0.5, 0.6) is 0 Å². The van der Waals surface area contributed by atoms with Crippen molar-refractivity contribution in [3.05, 3.63) is 0 Å². The molecule has 3 nitrogen and oxygen atoms in total. The van der Waals surface area contributed by atoms with Gasteiger partial charge in [-0.15, -0.1) is 0 Å². The van der Waals surface area contributed by atoms with Crippen LogP contribution in [-0.2, 0) is 4.79 Å². The highest BCUT2D eigenvalue weighted by Crippen LogP contribution is 2.55. The molecule has 2 aliphatic heterocycles. The zero-order valence-corrected chi connectivity index (χ0v) is 13.4. The van der Waals surface area contributed by atoms with E-state index in [0.717, 1.165) is 30.8 Å². The number of likely N-dealkylation sites (tertiary alicyclic amines) is 1. The van der Waals surface area contributed by atoms with Gasteiger partial charge < -0.3 is 10.2 Å². The van der Waals surface area contributed by atoms with E-state index in [2.05, 4.69) is 5.32 Å². The molecule has 2 rings (SSSR count). The summed E-state index contributed by atoms with van der Waals surface area (Å²) in [5.74, 6) is -0.471. The number of amides is 1. The molecule has 2 saturated heterocycles. The lowest BCUT2D eigenvalue weighted by molar-refractivity contribution is -0.334. The molecule has 2 unspecified atom stereocenters. The fourth-order valence-corrected chi connectivity index (χ4v) is 3.58. The van der Waals surface area contributed by atoms with Gasteiger partial charge in [-0.05, 0) is 44.2 Å². The fourth-order valence-electron chi connectivity index (χ4n) is 3.58. The number of nitrogens with one attached hydrogen (secondary N) is 1. The van der Waals surface area contributed by atoms with E-state index in [1.165, 1.54) is 0 Å². The summed E-state index contributed by atoms with van der Waals surface area (Å²) in [7, 11) is 0. The van der Waals surface area contributed by atoms with Crippen molar-refractivity contribution < 1.29 is 31.1 Å². The number of rotatable bonds is 3. The van der Waals surface area contributed by atoms with E-state index in [1.54, 1.807) is 0 Å². The molecular weight excluding hydrogens is 338 g/mol. The fraction of sp³-hybridized carbons (Fsp3) is 0.933. The third-order valence-corrected chi connectivity index (χ3v) is 5.34. The normalized spacial score (nSPS) is 26.5. The minimum Gasteiger partial charge on any atom is -0.341 e. The van der Waals surface area contributed by atoms with Crippen LogP contribution in [-0.4, -0.2) is 49.3 Å². The van der Waals surface area contributed by atoms with Crippen LogP contribution in [0, 0.1) is 17.3 Å². The number of hydrogen-bond acceptors (Lipinski definition) is 2. The highest BCUT2D eigenvalue weighted by molar-refractivity contribution is 5.77. The molecule has 2 atom stereocenters. The van der Waals surface area contributed by atoms with Crippen molar-refractivity contribution in [1.82, 2.24) is 10.2 Å². The molecule has 0 saturated carbocycles. The van der Waals surface area contributed by atoms with Gasteiger partial charge in [-0.2, -0.15) is 26.3 Å². The summed E-state index contributed by atoms with van der Waals surface area (Å²) in [5.41, 5.74) is -3.80. The van der Waals surface area contributed by atoms with Gasteiger partial charge in [-0.1, -0.05) is 6.92 Å². The number of nitrogens with zero attached hydrogens (tertiary/aromatic N) is 1. The molecule has 0 radical (unpaired) electrons. The molecule has 2 fully saturated rings. The molecule has 0 aromatic heterocycles. The second kappa shape index (κ2) is 6.72. The summed E-state index contributed by atoms with van der Waals surface area (Å²) in [6, 6.07) is 0. The lowest BCUT2D eigenvalue weighted by Crippen LogP contribution is -2.52. The van der Waals surface area contributed by atoms with Crippen molar-refractivity contribution in [2.45, 2.75) is 45.0 Å². The molecule has 0 aromatic rings. The first-order valence-electron chi connectivity index (χ1n) is 8.10. The van der Waals surface area contributed by atoms with Crippen LogP contribution < -0.4 is 5.32 Å². The van der Waals surface area contributed by atoms with Gasteiger partial charge in [0.2, 0.25) is 5.91 Å². The molecular formula is C15H22F6N2O. The van der Waals surface area contributed by atoms with E-state index >= 15 is 0 Å². The Bertz CT molecular complexity index is 442. The van der Waals surface area contributed by atoms with E-state index < -0.39 is 43.2 Å². The molecule has 9 heteroatoms. The maximum absolute atomic E-state index is 13.0. The van der Waals surface area contributed by atoms with Crippen LogP contribution in [0.2, 0.25) is 0 Å². The second-order valence-corrected chi connectivity index (χ2v) is 6.93. The topological polar surface area (TPSA) is 32.3 Å². The van der Waals surface area contributed by atoms with Crippen molar-refractivity contribution in [1.29, 1.82) is 0 Å². The summed E-state index contributed by atoms with van der Waals surface area (Å²) in [5, 5.41) is 3.19. The number of piperidine rings is 1. The summed E-state index contributed by atoms with van der Waals surface area (Å²) in [6.07, 6.45) is -10.1. The maximum atomic E-state index is 13.0. The Balaban J connectivity index is 2.02. The van der Waals surface area contributed by atoms with Crippen LogP contribution in [0.3, 0.4) is 0 Å². The van der Waals surface area contributed by atoms with E-state index in [9.17, 15) is 31.1 Å². The monoisotopic (exact) mass is 360 g/mol. The quantitative estimate of drug-likeness (QED) is 0.783. The number of carbonyl (C=O) groups excluding carboxylic acids is 1. The van der Waals surface area contributed by atoms with Crippen LogP contribution in [0.15, 0.2) is 0 Å². The molecule has 0 aromatic carbocycles. The summed E-state index contributed by atoms with van der Waals surface area (Å²) >= 11 is 0. The molecule has 2 heterocycles. The van der Waals surface area contributed by atoms with Gasteiger partial charge in [0, 0.05) is 19.5 Å². The number of halogens is 6. The first-order valence-corrected chi connectivity index (χ1v) is 8.10. The van der Waals surface area contributed by atoms with E-state index in [-0.39, 0.29) is 18.3 Å². The maximum Gasteiger partial charge on any atom is 0.404 e. The van der Waals surface area contributed by atoms with Crippen LogP contribution in [0.4, 0.5) is 26.3 Å². The Morgan fingerprint density at radius 3 is 2.33 bits per heavy atom. The Kier molecular flexibility index (Phi) is 5.42. The Hall–Kier alpha value is -0.990. The zero-order valence-electron chi connectivity index (χ0n) is 13.4. The Morgan fingerprint density at radius 2 is 1.88 bits per heavy atom. The molecule has 1 N–H and O–H groups in total. The van der Waals surface area contributed by atoms with Gasteiger partial charge >= 0.3 is 12.4 Å². The second-order valence-electron chi connectivity index (χ2n) is 6.93. The third-order valence-electron chi connectivity index (χ3n) is 5.34. The van der Waals surface area contributed by atoms with Crippen LogP contribution in [0.25, 0.3) is 0 Å². The van der Waals surface area contributed by atoms with Gasteiger partial charge in [0.05, 0.1) is 0 Å². The average molecular weight is 360 g/mol. The zero-order chi connectivity index (χ0) is 18.2. The van der Waals surface area contributed by atoms with E-state index in [4.69, 9.17) is 0 Å². The van der Waals surface area contributed by atoms with E-state index in [0.29, 0.717) is 0 Å². The Morgan fingerprint density at radius 1 is 1.25 bits per heavy atom. The minimum atomic E-state index is -5.42. The predicted octanol–water partition coefficient (Wildman–Crippen LogP) is 3.36. The first kappa shape index (κ1) is 19.3. The largest absolute Gasteiger partial charge is 0.404 e. The van der Waals surface area contributed by atoms with Crippen molar-refractivity contribution in [3.63, 3.8) is 0 Å². The smallest absolute Gasteiger partial charge is 0.341 e. The van der Waals surface area contributed by atoms with Crippen molar-refractivity contribution in [2.24, 2.45) is 17.3 Å². The van der Waals surface area contributed by atoms with Gasteiger partial charge in [0.1, 0.15) is 0 Å². The average Bonchev–Trinajstić information content (AvgIpc) is 2.94. The van der Waals surface area contributed by atoms with Gasteiger partial charge in [0.15, 0.2) is 5.41 Å². The van der Waals surface area contributed by atoms with E-state index in [1.807, 2.05) is 6.92 Å². The van der Waals surface area contributed by atoms with Crippen LogP contribution in [0.1, 0.15) is 32.6 Å². The molecule has 0 spiro atoms. The SMILES string of the molecule is CC(CC(=O)N1CCC(C(F)(F)F)(C(F)(F)F)C1)C1CCCNC1. The van der Waals surface area contributed by atoms with Crippen molar-refractivity contribution in [2.75, 3.05) is 26.2 Å². The first-order chi connectivity index (χ1) is 11.0. The number of carbonyl (C=O) groups is 1. The summed E-state index contributed by atoms with van der Waals surface area (Å²) in [6.45, 7) is 1.61. The highest BCUT2D eigenvalue weighted by atomic mass is 19.4. The molecule has 140 valence electrons. The van der Waals surface area contributed by atoms with Gasteiger partial charge in [0.25, 0.3) is 0 Å². The van der Waals surface area contributed by atoms with Gasteiger partial charge in [-0.3, -0.25) is 4.79 Å². The molecule has 0 aliphatic carbocycles. The molecule has 2 aliphatic rings. The van der Waals surface area contributed by atoms with Gasteiger partial charge in [-0.25, -0.2) is 0 Å². The summed E-state index contributed by atoms with van der Waals surface area (Å²) < 4.78 is 78.2. The number of hydrogen-bond donors (Lipinski definition) is 1. The summed E-state index contributed by atoms with van der Waals surface area (Å²) in [4.78, 5) is 12.9. The number of alkyl halides is 6. The minimum absolute atomic E-state index is 0.0157. The lowest BCUT2D eigenvalue weighted by atomic mass is 9.84.